The third-order valence-electron chi connectivity index (χ3n) is 2.97. The highest BCUT2D eigenvalue weighted by Gasteiger charge is 2.24. The van der Waals surface area contributed by atoms with Gasteiger partial charge in [0.05, 0.1) is 0 Å². The van der Waals surface area contributed by atoms with Gasteiger partial charge in [-0.25, -0.2) is 4.79 Å². The molecule has 8 heteroatoms. The molecule has 0 saturated heterocycles. The van der Waals surface area contributed by atoms with Crippen LogP contribution in [0.3, 0.4) is 0 Å². The number of thioether (sulfide) groups is 1. The number of benzene rings is 1. The zero-order valence-electron chi connectivity index (χ0n) is 12.5. The molecule has 1 aliphatic rings. The SMILES string of the molecule is C[C@H](Sc1ccc(Cl)cc1)C(=O)OCC(=O)NC(=O)NC1CC1. The van der Waals surface area contributed by atoms with Crippen molar-refractivity contribution in [2.24, 2.45) is 0 Å². The van der Waals surface area contributed by atoms with Crippen molar-refractivity contribution in [2.45, 2.75) is 36.0 Å². The Bertz CT molecular complexity index is 590. The Kier molecular flexibility index (Phi) is 6.29. The monoisotopic (exact) mass is 356 g/mol. The van der Waals surface area contributed by atoms with E-state index < -0.39 is 29.8 Å². The Hall–Kier alpha value is -1.73. The van der Waals surface area contributed by atoms with E-state index in [0.29, 0.717) is 5.02 Å². The molecule has 0 spiro atoms. The topological polar surface area (TPSA) is 84.5 Å². The third kappa shape index (κ3) is 6.50. The van der Waals surface area contributed by atoms with Crippen LogP contribution in [0.1, 0.15) is 19.8 Å². The molecular weight excluding hydrogens is 340 g/mol. The normalized spacial score (nSPS) is 14.7. The van der Waals surface area contributed by atoms with Crippen molar-refractivity contribution >= 4 is 41.3 Å². The fourth-order valence-electron chi connectivity index (χ4n) is 1.63. The molecule has 0 bridgehead atoms. The van der Waals surface area contributed by atoms with E-state index in [9.17, 15) is 14.4 Å². The molecular formula is C15H17ClN2O4S. The maximum absolute atomic E-state index is 11.8. The minimum absolute atomic E-state index is 0.154. The number of amides is 3. The van der Waals surface area contributed by atoms with Crippen molar-refractivity contribution in [2.75, 3.05) is 6.61 Å². The van der Waals surface area contributed by atoms with Crippen molar-refractivity contribution in [3.05, 3.63) is 29.3 Å². The molecule has 2 N–H and O–H groups in total. The van der Waals surface area contributed by atoms with Gasteiger partial charge in [0, 0.05) is 16.0 Å². The molecule has 6 nitrogen and oxygen atoms in total. The van der Waals surface area contributed by atoms with Gasteiger partial charge >= 0.3 is 12.0 Å². The van der Waals surface area contributed by atoms with Crippen LogP contribution in [0.15, 0.2) is 29.2 Å². The van der Waals surface area contributed by atoms with Crippen LogP contribution in [0.25, 0.3) is 0 Å². The molecule has 1 aliphatic carbocycles. The van der Waals surface area contributed by atoms with Gasteiger partial charge in [0.2, 0.25) is 0 Å². The van der Waals surface area contributed by atoms with E-state index in [1.54, 1.807) is 31.2 Å². The Morgan fingerprint density at radius 2 is 1.96 bits per heavy atom. The molecule has 1 atom stereocenters. The average Bonchev–Trinajstić information content (AvgIpc) is 3.30. The van der Waals surface area contributed by atoms with Gasteiger partial charge in [-0.2, -0.15) is 0 Å². The number of halogens is 1. The Labute approximate surface area is 143 Å². The van der Waals surface area contributed by atoms with Gasteiger partial charge in [0.25, 0.3) is 5.91 Å². The Morgan fingerprint density at radius 3 is 2.57 bits per heavy atom. The summed E-state index contributed by atoms with van der Waals surface area (Å²) in [5, 5.41) is 4.85. The first-order chi connectivity index (χ1) is 10.9. The summed E-state index contributed by atoms with van der Waals surface area (Å²) in [6, 6.07) is 6.65. The molecule has 0 aliphatic heterocycles. The van der Waals surface area contributed by atoms with Gasteiger partial charge < -0.3 is 10.1 Å². The first-order valence-corrected chi connectivity index (χ1v) is 8.39. The van der Waals surface area contributed by atoms with Crippen molar-refractivity contribution in [3.8, 4) is 0 Å². The van der Waals surface area contributed by atoms with Gasteiger partial charge in [-0.3, -0.25) is 14.9 Å². The fraction of sp³-hybridized carbons (Fsp3) is 0.400. The summed E-state index contributed by atoms with van der Waals surface area (Å²) in [5.41, 5.74) is 0. The van der Waals surface area contributed by atoms with Crippen molar-refractivity contribution < 1.29 is 19.1 Å². The second-order valence-electron chi connectivity index (χ2n) is 5.12. The van der Waals surface area contributed by atoms with Crippen LogP contribution in [0.2, 0.25) is 5.02 Å². The zero-order valence-corrected chi connectivity index (χ0v) is 14.1. The molecule has 1 saturated carbocycles. The number of carbonyl (C=O) groups excluding carboxylic acids is 3. The minimum atomic E-state index is -0.653. The van der Waals surface area contributed by atoms with Crippen LogP contribution in [0, 0.1) is 0 Å². The molecule has 0 unspecified atom stereocenters. The van der Waals surface area contributed by atoms with Gasteiger partial charge in [-0.05, 0) is 44.0 Å². The number of ether oxygens (including phenoxy) is 1. The summed E-state index contributed by atoms with van der Waals surface area (Å²) in [6.45, 7) is 1.20. The molecule has 2 rings (SSSR count). The molecule has 0 aromatic heterocycles. The van der Waals surface area contributed by atoms with Crippen molar-refractivity contribution in [1.29, 1.82) is 0 Å². The summed E-state index contributed by atoms with van der Waals surface area (Å²) in [6.07, 6.45) is 1.85. The molecule has 1 fully saturated rings. The van der Waals surface area contributed by atoms with Crippen LogP contribution >= 0.6 is 23.4 Å². The second kappa shape index (κ2) is 8.21. The number of nitrogens with one attached hydrogen (secondary N) is 2. The van der Waals surface area contributed by atoms with E-state index in [1.165, 1.54) is 11.8 Å². The number of rotatable bonds is 6. The molecule has 0 radical (unpaired) electrons. The largest absolute Gasteiger partial charge is 0.455 e. The molecule has 0 heterocycles. The quantitative estimate of drug-likeness (QED) is 0.603. The number of esters is 1. The van der Waals surface area contributed by atoms with E-state index in [0.717, 1.165) is 17.7 Å². The molecule has 1 aromatic carbocycles. The standard InChI is InChI=1S/C15H17ClN2O4S/c1-9(23-12-6-2-10(16)3-7-12)14(20)22-8-13(19)18-15(21)17-11-4-5-11/h2-3,6-7,9,11H,4-5,8H2,1H3,(H2,17,18,19,21)/t9-/m0/s1. The smallest absolute Gasteiger partial charge is 0.321 e. The minimum Gasteiger partial charge on any atom is -0.455 e. The Balaban J connectivity index is 1.69. The second-order valence-corrected chi connectivity index (χ2v) is 6.97. The summed E-state index contributed by atoms with van der Waals surface area (Å²) < 4.78 is 4.91. The first kappa shape index (κ1) is 17.6. The van der Waals surface area contributed by atoms with Crippen molar-refractivity contribution in [3.63, 3.8) is 0 Å². The van der Waals surface area contributed by atoms with Gasteiger partial charge in [-0.1, -0.05) is 11.6 Å². The van der Waals surface area contributed by atoms with E-state index in [4.69, 9.17) is 16.3 Å². The van der Waals surface area contributed by atoms with Crippen LogP contribution in [-0.2, 0) is 14.3 Å². The highest BCUT2D eigenvalue weighted by Crippen LogP contribution is 2.25. The number of urea groups is 1. The average molecular weight is 357 g/mol. The maximum atomic E-state index is 11.8. The molecule has 3 amide bonds. The lowest BCUT2D eigenvalue weighted by Gasteiger charge is -2.11. The molecule has 23 heavy (non-hydrogen) atoms. The number of carbonyl (C=O) groups is 3. The van der Waals surface area contributed by atoms with Gasteiger partial charge in [0.15, 0.2) is 6.61 Å². The Morgan fingerprint density at radius 1 is 1.30 bits per heavy atom. The number of hydrogen-bond donors (Lipinski definition) is 2. The molecule has 124 valence electrons. The highest BCUT2D eigenvalue weighted by molar-refractivity contribution is 8.00. The van der Waals surface area contributed by atoms with Crippen LogP contribution in [0.5, 0.6) is 0 Å². The maximum Gasteiger partial charge on any atom is 0.321 e. The lowest BCUT2D eigenvalue weighted by Crippen LogP contribution is -2.42. The lowest BCUT2D eigenvalue weighted by molar-refractivity contribution is -0.147. The molecule has 1 aromatic rings. The predicted octanol–water partition coefficient (Wildman–Crippen LogP) is 2.35. The zero-order chi connectivity index (χ0) is 16.8. The van der Waals surface area contributed by atoms with Gasteiger partial charge in [-0.15, -0.1) is 11.8 Å². The van der Waals surface area contributed by atoms with E-state index in [1.807, 2.05) is 0 Å². The number of imide groups is 1. The van der Waals surface area contributed by atoms with Gasteiger partial charge in [0.1, 0.15) is 5.25 Å². The highest BCUT2D eigenvalue weighted by atomic mass is 35.5. The number of hydrogen-bond acceptors (Lipinski definition) is 5. The fourth-order valence-corrected chi connectivity index (χ4v) is 2.62. The summed E-state index contributed by atoms with van der Waals surface area (Å²) in [4.78, 5) is 35.6. The predicted molar refractivity (Wildman–Crippen MR) is 87.4 cm³/mol. The summed E-state index contributed by atoms with van der Waals surface area (Å²) in [5.74, 6) is -1.18. The van der Waals surface area contributed by atoms with Crippen LogP contribution < -0.4 is 10.6 Å². The third-order valence-corrected chi connectivity index (χ3v) is 4.31. The summed E-state index contributed by atoms with van der Waals surface area (Å²) >= 11 is 7.09. The van der Waals surface area contributed by atoms with Crippen LogP contribution in [-0.4, -0.2) is 35.8 Å². The van der Waals surface area contributed by atoms with E-state index in [-0.39, 0.29) is 6.04 Å². The van der Waals surface area contributed by atoms with Crippen LogP contribution in [0.4, 0.5) is 4.79 Å². The lowest BCUT2D eigenvalue weighted by atomic mass is 10.4. The first-order valence-electron chi connectivity index (χ1n) is 7.13. The van der Waals surface area contributed by atoms with E-state index >= 15 is 0 Å². The van der Waals surface area contributed by atoms with E-state index in [2.05, 4.69) is 10.6 Å². The summed E-state index contributed by atoms with van der Waals surface area (Å²) in [7, 11) is 0. The van der Waals surface area contributed by atoms with Crippen molar-refractivity contribution in [1.82, 2.24) is 10.6 Å².